The van der Waals surface area contributed by atoms with Crippen LogP contribution in [0, 0.1) is 11.7 Å². The Morgan fingerprint density at radius 1 is 1.06 bits per heavy atom. The minimum atomic E-state index is -0.376. The van der Waals surface area contributed by atoms with Crippen molar-refractivity contribution >= 4 is 35.1 Å². The molecule has 1 N–H and O–H groups in total. The van der Waals surface area contributed by atoms with Gasteiger partial charge in [0.2, 0.25) is 0 Å². The lowest BCUT2D eigenvalue weighted by Crippen LogP contribution is -2.18. The molecule has 0 aliphatic carbocycles. The van der Waals surface area contributed by atoms with E-state index in [1.54, 1.807) is 19.4 Å². The minimum Gasteiger partial charge on any atom is -0.497 e. The number of aromatic nitrogens is 2. The lowest BCUT2D eigenvalue weighted by atomic mass is 9.91. The van der Waals surface area contributed by atoms with Crippen LogP contribution in [0.5, 0.6) is 17.2 Å². The Labute approximate surface area is 195 Å². The third-order valence-corrected chi connectivity index (χ3v) is 5.97. The molecule has 3 heterocycles. The zero-order chi connectivity index (χ0) is 22.9. The van der Waals surface area contributed by atoms with Crippen LogP contribution in [0.3, 0.4) is 0 Å². The summed E-state index contributed by atoms with van der Waals surface area (Å²) in [4.78, 5) is 16.4. The van der Waals surface area contributed by atoms with Crippen molar-refractivity contribution in [3.63, 3.8) is 0 Å². The van der Waals surface area contributed by atoms with Gasteiger partial charge in [-0.1, -0.05) is 6.08 Å². The average molecular weight is 469 g/mol. The van der Waals surface area contributed by atoms with Gasteiger partial charge >= 0.3 is 0 Å². The van der Waals surface area contributed by atoms with Gasteiger partial charge < -0.3 is 19.2 Å². The third kappa shape index (κ3) is 4.30. The van der Waals surface area contributed by atoms with Crippen LogP contribution >= 0.6 is 11.6 Å². The van der Waals surface area contributed by atoms with Crippen molar-refractivity contribution < 1.29 is 18.6 Å². The number of methoxy groups -OCH3 is 2. The summed E-state index contributed by atoms with van der Waals surface area (Å²) in [6.07, 6.45) is 5.60. The number of allylic oxidation sites excluding steroid dienone is 1. The fourth-order valence-electron chi connectivity index (χ4n) is 4.07. The second kappa shape index (κ2) is 8.86. The standard InChI is InChI=1S/C24H22ClFN4O3/c1-31-16-3-4-19-20(8-16)30-23(29-19)12-33-22-9-18(26)13(6-21(22)32-2)5-14-10-27-24-17(14)7-15(25)11-28-24/h3-4,6-11,14-15,24H,5,12H2,1-2H3,(H,29,30). The Kier molecular flexibility index (Phi) is 5.76. The van der Waals surface area contributed by atoms with Gasteiger partial charge in [-0.2, -0.15) is 0 Å². The molecule has 33 heavy (non-hydrogen) atoms. The van der Waals surface area contributed by atoms with Crippen molar-refractivity contribution in [3.8, 4) is 17.2 Å². The Bertz CT molecular complexity index is 1290. The average Bonchev–Trinajstić information content (AvgIpc) is 3.41. The van der Waals surface area contributed by atoms with Crippen LogP contribution in [0.15, 0.2) is 52.0 Å². The number of benzene rings is 2. The summed E-state index contributed by atoms with van der Waals surface area (Å²) in [6.45, 7) is 0.130. The molecule has 5 rings (SSSR count). The summed E-state index contributed by atoms with van der Waals surface area (Å²) < 4.78 is 31.6. The number of halogens is 2. The first-order valence-corrected chi connectivity index (χ1v) is 10.9. The number of H-pyrrole nitrogens is 1. The van der Waals surface area contributed by atoms with E-state index in [0.717, 1.165) is 22.4 Å². The molecule has 3 atom stereocenters. The molecule has 7 nitrogen and oxygen atoms in total. The Morgan fingerprint density at radius 3 is 2.73 bits per heavy atom. The maximum Gasteiger partial charge on any atom is 0.164 e. The molecule has 9 heteroatoms. The summed E-state index contributed by atoms with van der Waals surface area (Å²) in [5, 5.41) is -0.269. The van der Waals surface area contributed by atoms with Crippen molar-refractivity contribution in [2.45, 2.75) is 24.6 Å². The van der Waals surface area contributed by atoms with Crippen molar-refractivity contribution in [1.29, 1.82) is 0 Å². The number of hydrogen-bond acceptors (Lipinski definition) is 6. The minimum absolute atomic E-state index is 0.0628. The molecule has 1 aromatic heterocycles. The smallest absolute Gasteiger partial charge is 0.164 e. The molecule has 0 fully saturated rings. The SMILES string of the molecule is COc1ccc2nc(COc3cc(F)c(CC4C=NC5N=CC(Cl)C=C45)cc3OC)[nH]c2c1. The monoisotopic (exact) mass is 468 g/mol. The zero-order valence-corrected chi connectivity index (χ0v) is 18.8. The molecule has 0 bridgehead atoms. The van der Waals surface area contributed by atoms with E-state index in [9.17, 15) is 0 Å². The molecule has 0 radical (unpaired) electrons. The topological polar surface area (TPSA) is 81.1 Å². The molecule has 170 valence electrons. The lowest BCUT2D eigenvalue weighted by molar-refractivity contribution is 0.275. The van der Waals surface area contributed by atoms with Crippen LogP contribution in [0.2, 0.25) is 0 Å². The predicted octanol–water partition coefficient (Wildman–Crippen LogP) is 4.49. The van der Waals surface area contributed by atoms with Crippen molar-refractivity contribution in [2.75, 3.05) is 14.2 Å². The number of nitrogens with zero attached hydrogens (tertiary/aromatic N) is 3. The summed E-state index contributed by atoms with van der Waals surface area (Å²) in [5.74, 6) is 1.65. The van der Waals surface area contributed by atoms with E-state index >= 15 is 4.39 Å². The first-order chi connectivity index (χ1) is 16.0. The van der Waals surface area contributed by atoms with Crippen LogP contribution in [0.4, 0.5) is 4.39 Å². The van der Waals surface area contributed by atoms with Gasteiger partial charge in [0.1, 0.15) is 24.0 Å². The lowest BCUT2D eigenvalue weighted by Gasteiger charge is -2.18. The summed E-state index contributed by atoms with van der Waals surface area (Å²) >= 11 is 6.17. The third-order valence-electron chi connectivity index (χ3n) is 5.73. The molecule has 3 unspecified atom stereocenters. The normalized spacial score (nSPS) is 21.2. The molecule has 0 saturated heterocycles. The highest BCUT2D eigenvalue weighted by Crippen LogP contribution is 2.35. The molecule has 3 aromatic rings. The molecular weight excluding hydrogens is 447 g/mol. The number of aromatic amines is 1. The Hall–Kier alpha value is -3.39. The van der Waals surface area contributed by atoms with E-state index in [2.05, 4.69) is 20.0 Å². The van der Waals surface area contributed by atoms with Gasteiger partial charge in [0, 0.05) is 30.5 Å². The molecule has 2 aliphatic rings. The highest BCUT2D eigenvalue weighted by atomic mass is 35.5. The van der Waals surface area contributed by atoms with Crippen LogP contribution in [-0.2, 0) is 13.0 Å². The number of nitrogens with one attached hydrogen (secondary N) is 1. The van der Waals surface area contributed by atoms with E-state index in [0.29, 0.717) is 29.3 Å². The van der Waals surface area contributed by atoms with E-state index in [-0.39, 0.29) is 29.9 Å². The van der Waals surface area contributed by atoms with Gasteiger partial charge in [-0.25, -0.2) is 9.37 Å². The summed E-state index contributed by atoms with van der Waals surface area (Å²) in [7, 11) is 3.14. The Morgan fingerprint density at radius 2 is 1.91 bits per heavy atom. The highest BCUT2D eigenvalue weighted by molar-refractivity contribution is 6.29. The van der Waals surface area contributed by atoms with Gasteiger partial charge in [0.15, 0.2) is 17.7 Å². The van der Waals surface area contributed by atoms with E-state index in [1.807, 2.05) is 30.5 Å². The molecule has 0 amide bonds. The molecule has 0 spiro atoms. The summed E-state index contributed by atoms with van der Waals surface area (Å²) in [6, 6.07) is 8.57. The van der Waals surface area contributed by atoms with Crippen molar-refractivity contribution in [1.82, 2.24) is 9.97 Å². The second-order valence-electron chi connectivity index (χ2n) is 7.84. The fraction of sp³-hybridized carbons (Fsp3) is 0.292. The van der Waals surface area contributed by atoms with Gasteiger partial charge in [0.25, 0.3) is 0 Å². The number of dihydropyridines is 1. The molecular formula is C24H22ClFN4O3. The number of aliphatic imine (C=N–C) groups is 2. The zero-order valence-electron chi connectivity index (χ0n) is 18.1. The van der Waals surface area contributed by atoms with Gasteiger partial charge in [-0.15, -0.1) is 11.6 Å². The molecule has 0 saturated carbocycles. The van der Waals surface area contributed by atoms with Gasteiger partial charge in [-0.05, 0) is 35.8 Å². The van der Waals surface area contributed by atoms with Gasteiger partial charge in [-0.3, -0.25) is 9.98 Å². The van der Waals surface area contributed by atoms with Gasteiger partial charge in [0.05, 0.1) is 30.6 Å². The number of fused-ring (bicyclic) bond motifs is 2. The second-order valence-corrected chi connectivity index (χ2v) is 8.35. The van der Waals surface area contributed by atoms with Crippen LogP contribution < -0.4 is 14.2 Å². The van der Waals surface area contributed by atoms with Crippen LogP contribution in [0.1, 0.15) is 11.4 Å². The Balaban J connectivity index is 1.32. The molecule has 2 aromatic carbocycles. The van der Waals surface area contributed by atoms with E-state index in [4.69, 9.17) is 25.8 Å². The van der Waals surface area contributed by atoms with Crippen LogP contribution in [-0.4, -0.2) is 48.2 Å². The first-order valence-electron chi connectivity index (χ1n) is 10.5. The van der Waals surface area contributed by atoms with E-state index < -0.39 is 0 Å². The van der Waals surface area contributed by atoms with Crippen molar-refractivity contribution in [2.24, 2.45) is 15.9 Å². The number of alkyl halides is 1. The summed E-state index contributed by atoms with van der Waals surface area (Å²) in [5.41, 5.74) is 3.13. The predicted molar refractivity (Wildman–Crippen MR) is 126 cm³/mol. The van der Waals surface area contributed by atoms with Crippen LogP contribution in [0.25, 0.3) is 11.0 Å². The first kappa shape index (κ1) is 21.5. The number of rotatable bonds is 7. The number of hydrogen-bond donors (Lipinski definition) is 1. The highest BCUT2D eigenvalue weighted by Gasteiger charge is 2.30. The largest absolute Gasteiger partial charge is 0.497 e. The maximum atomic E-state index is 15.0. The van der Waals surface area contributed by atoms with E-state index in [1.165, 1.54) is 13.2 Å². The number of ether oxygens (including phenoxy) is 3. The number of imidazole rings is 1. The fourth-order valence-corrected chi connectivity index (χ4v) is 4.28. The quantitative estimate of drug-likeness (QED) is 0.409. The molecule has 2 aliphatic heterocycles. The van der Waals surface area contributed by atoms with Crippen molar-refractivity contribution in [3.05, 3.63) is 59.2 Å². The maximum absolute atomic E-state index is 15.0.